The van der Waals surface area contributed by atoms with Crippen LogP contribution in [0.3, 0.4) is 0 Å². The molecule has 2 aliphatic rings. The molecular formula is C12H23NO. The summed E-state index contributed by atoms with van der Waals surface area (Å²) in [5.74, 6) is 0.910. The zero-order valence-corrected chi connectivity index (χ0v) is 9.28. The van der Waals surface area contributed by atoms with Gasteiger partial charge in [0, 0.05) is 12.6 Å². The molecule has 0 saturated heterocycles. The molecule has 2 nitrogen and oxygen atoms in total. The van der Waals surface area contributed by atoms with E-state index < -0.39 is 0 Å². The first-order valence-electron chi connectivity index (χ1n) is 6.15. The molecule has 2 saturated carbocycles. The largest absolute Gasteiger partial charge is 0.391 e. The molecular weight excluding hydrogens is 174 g/mol. The number of hydrogen-bond donors (Lipinski definition) is 1. The van der Waals surface area contributed by atoms with Gasteiger partial charge in [0.25, 0.3) is 0 Å². The first-order valence-corrected chi connectivity index (χ1v) is 6.15. The molecule has 0 amide bonds. The van der Waals surface area contributed by atoms with Gasteiger partial charge in [-0.15, -0.1) is 0 Å². The van der Waals surface area contributed by atoms with Crippen molar-refractivity contribution in [3.05, 3.63) is 0 Å². The van der Waals surface area contributed by atoms with Gasteiger partial charge in [-0.2, -0.15) is 0 Å². The van der Waals surface area contributed by atoms with E-state index in [4.69, 9.17) is 0 Å². The van der Waals surface area contributed by atoms with Gasteiger partial charge >= 0.3 is 0 Å². The quantitative estimate of drug-likeness (QED) is 0.748. The summed E-state index contributed by atoms with van der Waals surface area (Å²) in [5, 5.41) is 9.79. The van der Waals surface area contributed by atoms with Crippen molar-refractivity contribution in [2.24, 2.45) is 5.92 Å². The summed E-state index contributed by atoms with van der Waals surface area (Å²) < 4.78 is 0. The van der Waals surface area contributed by atoms with Crippen molar-refractivity contribution in [2.75, 3.05) is 13.6 Å². The topological polar surface area (TPSA) is 23.5 Å². The van der Waals surface area contributed by atoms with Crippen molar-refractivity contribution in [3.63, 3.8) is 0 Å². The number of rotatable bonds is 3. The lowest BCUT2D eigenvalue weighted by atomic mass is 10.1. The standard InChI is InChI=1S/C12H23NO/c1-13(9-10-5-2-3-6-10)11-7-4-8-12(11)14/h10-12,14H,2-9H2,1H3/t11-,12-/m1/s1. The summed E-state index contributed by atoms with van der Waals surface area (Å²) in [6, 6.07) is 0.454. The predicted molar refractivity (Wildman–Crippen MR) is 58.2 cm³/mol. The summed E-state index contributed by atoms with van der Waals surface area (Å²) in [6.07, 6.45) is 9.03. The molecule has 1 N–H and O–H groups in total. The Hall–Kier alpha value is -0.0800. The first kappa shape index (κ1) is 10.4. The molecule has 2 rings (SSSR count). The fraction of sp³-hybridized carbons (Fsp3) is 1.00. The number of likely N-dealkylation sites (N-methyl/N-ethyl adjacent to an activating group) is 1. The van der Waals surface area contributed by atoms with Crippen molar-refractivity contribution in [2.45, 2.75) is 57.1 Å². The molecule has 0 heterocycles. The van der Waals surface area contributed by atoms with Gasteiger partial charge in [-0.1, -0.05) is 12.8 Å². The second kappa shape index (κ2) is 4.63. The minimum Gasteiger partial charge on any atom is -0.391 e. The highest BCUT2D eigenvalue weighted by Gasteiger charge is 2.30. The van der Waals surface area contributed by atoms with E-state index in [0.717, 1.165) is 12.3 Å². The second-order valence-corrected chi connectivity index (χ2v) is 5.16. The molecule has 0 radical (unpaired) electrons. The van der Waals surface area contributed by atoms with Crippen LogP contribution in [0.4, 0.5) is 0 Å². The highest BCUT2D eigenvalue weighted by atomic mass is 16.3. The third kappa shape index (κ3) is 2.29. The Kier molecular flexibility index (Phi) is 3.45. The second-order valence-electron chi connectivity index (χ2n) is 5.16. The summed E-state index contributed by atoms with van der Waals surface area (Å²) in [4.78, 5) is 2.41. The fourth-order valence-corrected chi connectivity index (χ4v) is 3.17. The van der Waals surface area contributed by atoms with Crippen LogP contribution >= 0.6 is 0 Å². The Balaban J connectivity index is 1.78. The van der Waals surface area contributed by atoms with Gasteiger partial charge < -0.3 is 10.0 Å². The molecule has 0 bridgehead atoms. The Bertz CT molecular complexity index is 177. The van der Waals surface area contributed by atoms with Crippen molar-refractivity contribution >= 4 is 0 Å². The first-order chi connectivity index (χ1) is 6.77. The van der Waals surface area contributed by atoms with Crippen molar-refractivity contribution in [1.82, 2.24) is 4.90 Å². The molecule has 0 aliphatic heterocycles. The maximum atomic E-state index is 9.79. The Morgan fingerprint density at radius 2 is 1.79 bits per heavy atom. The minimum absolute atomic E-state index is 0.0543. The molecule has 0 aromatic heterocycles. The van der Waals surface area contributed by atoms with Gasteiger partial charge in [0.1, 0.15) is 0 Å². The van der Waals surface area contributed by atoms with E-state index in [2.05, 4.69) is 11.9 Å². The molecule has 0 unspecified atom stereocenters. The maximum absolute atomic E-state index is 9.79. The van der Waals surface area contributed by atoms with Crippen LogP contribution in [-0.2, 0) is 0 Å². The average molecular weight is 197 g/mol. The molecule has 0 spiro atoms. The van der Waals surface area contributed by atoms with Gasteiger partial charge in [0.05, 0.1) is 6.10 Å². The smallest absolute Gasteiger partial charge is 0.0695 e. The van der Waals surface area contributed by atoms with E-state index in [0.29, 0.717) is 6.04 Å². The van der Waals surface area contributed by atoms with E-state index in [-0.39, 0.29) is 6.10 Å². The van der Waals surface area contributed by atoms with Gasteiger partial charge in [0.15, 0.2) is 0 Å². The average Bonchev–Trinajstić information content (AvgIpc) is 2.75. The molecule has 2 atom stereocenters. The van der Waals surface area contributed by atoms with E-state index in [1.165, 1.54) is 45.1 Å². The van der Waals surface area contributed by atoms with E-state index in [9.17, 15) is 5.11 Å². The van der Waals surface area contributed by atoms with E-state index in [1.807, 2.05) is 0 Å². The number of nitrogens with zero attached hydrogens (tertiary/aromatic N) is 1. The zero-order valence-electron chi connectivity index (χ0n) is 9.28. The number of aliphatic hydroxyl groups excluding tert-OH is 1. The van der Waals surface area contributed by atoms with Gasteiger partial charge in [-0.3, -0.25) is 0 Å². The minimum atomic E-state index is -0.0543. The molecule has 82 valence electrons. The SMILES string of the molecule is CN(CC1CCCC1)[C@@H]1CCC[C@H]1O. The monoisotopic (exact) mass is 197 g/mol. The van der Waals surface area contributed by atoms with Crippen LogP contribution in [0.2, 0.25) is 0 Å². The zero-order chi connectivity index (χ0) is 9.97. The summed E-state index contributed by atoms with van der Waals surface area (Å²) in [6.45, 7) is 1.21. The molecule has 2 heteroatoms. The Labute approximate surface area is 87.3 Å². The highest BCUT2D eigenvalue weighted by Crippen LogP contribution is 2.28. The van der Waals surface area contributed by atoms with Crippen LogP contribution in [-0.4, -0.2) is 35.7 Å². The molecule has 0 aromatic rings. The van der Waals surface area contributed by atoms with Gasteiger partial charge in [-0.05, 0) is 45.1 Å². The third-order valence-corrected chi connectivity index (χ3v) is 4.03. The lowest BCUT2D eigenvalue weighted by molar-refractivity contribution is 0.0777. The maximum Gasteiger partial charge on any atom is 0.0695 e. The summed E-state index contributed by atoms with van der Waals surface area (Å²) in [7, 11) is 2.19. The Morgan fingerprint density at radius 1 is 1.07 bits per heavy atom. The molecule has 2 fully saturated rings. The van der Waals surface area contributed by atoms with Crippen LogP contribution in [0.5, 0.6) is 0 Å². The number of aliphatic hydroxyl groups is 1. The van der Waals surface area contributed by atoms with Crippen molar-refractivity contribution in [3.8, 4) is 0 Å². The number of hydrogen-bond acceptors (Lipinski definition) is 2. The summed E-state index contributed by atoms with van der Waals surface area (Å²) >= 11 is 0. The van der Waals surface area contributed by atoms with Crippen LogP contribution < -0.4 is 0 Å². The van der Waals surface area contributed by atoms with Crippen LogP contribution in [0.25, 0.3) is 0 Å². The van der Waals surface area contributed by atoms with Gasteiger partial charge in [0.2, 0.25) is 0 Å². The normalized spacial score (nSPS) is 34.5. The molecule has 0 aromatic carbocycles. The van der Waals surface area contributed by atoms with Crippen LogP contribution in [0.15, 0.2) is 0 Å². The molecule has 2 aliphatic carbocycles. The lowest BCUT2D eigenvalue weighted by Gasteiger charge is -2.29. The fourth-order valence-electron chi connectivity index (χ4n) is 3.17. The molecule has 14 heavy (non-hydrogen) atoms. The van der Waals surface area contributed by atoms with Crippen LogP contribution in [0, 0.1) is 5.92 Å². The summed E-state index contributed by atoms with van der Waals surface area (Å²) in [5.41, 5.74) is 0. The van der Waals surface area contributed by atoms with E-state index in [1.54, 1.807) is 0 Å². The van der Waals surface area contributed by atoms with Crippen molar-refractivity contribution < 1.29 is 5.11 Å². The van der Waals surface area contributed by atoms with E-state index >= 15 is 0 Å². The lowest BCUT2D eigenvalue weighted by Crippen LogP contribution is -2.39. The third-order valence-electron chi connectivity index (χ3n) is 4.03. The van der Waals surface area contributed by atoms with Gasteiger partial charge in [-0.25, -0.2) is 0 Å². The predicted octanol–water partition coefficient (Wildman–Crippen LogP) is 2.02. The van der Waals surface area contributed by atoms with Crippen LogP contribution in [0.1, 0.15) is 44.9 Å². The van der Waals surface area contributed by atoms with Crippen molar-refractivity contribution in [1.29, 1.82) is 0 Å². The Morgan fingerprint density at radius 3 is 2.36 bits per heavy atom. The highest BCUT2D eigenvalue weighted by molar-refractivity contribution is 4.85.